The summed E-state index contributed by atoms with van der Waals surface area (Å²) in [6.45, 7) is 0. The molecule has 2 saturated heterocycles. The zero-order valence-corrected chi connectivity index (χ0v) is 14.7. The van der Waals surface area contributed by atoms with E-state index < -0.39 is 0 Å². The third kappa shape index (κ3) is 6.41. The molecule has 2 aliphatic rings. The summed E-state index contributed by atoms with van der Waals surface area (Å²) in [5.74, 6) is -0.132. The van der Waals surface area contributed by atoms with Crippen LogP contribution in [-0.4, -0.2) is 34.6 Å². The maximum absolute atomic E-state index is 11.0. The fourth-order valence-electron chi connectivity index (χ4n) is 3.00. The summed E-state index contributed by atoms with van der Waals surface area (Å²) >= 11 is 9.25. The molecule has 2 aliphatic heterocycles. The Morgan fingerprint density at radius 1 is 0.818 bits per heavy atom. The van der Waals surface area contributed by atoms with Crippen molar-refractivity contribution in [3.8, 4) is 0 Å². The number of hydrogen-bond acceptors (Lipinski definition) is 6. The lowest BCUT2D eigenvalue weighted by Crippen LogP contribution is -2.13. The van der Waals surface area contributed by atoms with Gasteiger partial charge in [-0.1, -0.05) is 0 Å². The number of ether oxygens (including phenoxy) is 2. The standard InChI is InChI=1S/C16H26O4S2/c17-15-9-3-11(19-15)1-5-13(21)7-8-14(22)6-2-12-4-10-16(18)20-12/h11-14,21-22H,1-10H2. The lowest BCUT2D eigenvalue weighted by molar-refractivity contribution is -0.142. The van der Waals surface area contributed by atoms with Crippen molar-refractivity contribution < 1.29 is 19.1 Å². The molecule has 126 valence electrons. The first kappa shape index (κ1) is 18.0. The van der Waals surface area contributed by atoms with Crippen LogP contribution >= 0.6 is 25.3 Å². The summed E-state index contributed by atoms with van der Waals surface area (Å²) < 4.78 is 10.4. The largest absolute Gasteiger partial charge is 0.462 e. The maximum atomic E-state index is 11.0. The highest BCUT2D eigenvalue weighted by atomic mass is 32.1. The van der Waals surface area contributed by atoms with Crippen molar-refractivity contribution in [3.63, 3.8) is 0 Å². The molecule has 0 aromatic rings. The lowest BCUT2D eigenvalue weighted by atomic mass is 10.0. The van der Waals surface area contributed by atoms with E-state index in [1.165, 1.54) is 0 Å². The zero-order valence-electron chi connectivity index (χ0n) is 12.9. The van der Waals surface area contributed by atoms with E-state index in [4.69, 9.17) is 9.47 Å². The molecular formula is C16H26O4S2. The molecule has 0 radical (unpaired) electrons. The van der Waals surface area contributed by atoms with E-state index in [1.54, 1.807) is 0 Å². The van der Waals surface area contributed by atoms with Gasteiger partial charge in [0.05, 0.1) is 0 Å². The Morgan fingerprint density at radius 2 is 1.23 bits per heavy atom. The van der Waals surface area contributed by atoms with Crippen molar-refractivity contribution in [1.82, 2.24) is 0 Å². The molecule has 0 amide bonds. The monoisotopic (exact) mass is 346 g/mol. The molecule has 4 atom stereocenters. The molecule has 0 bridgehead atoms. The molecule has 0 spiro atoms. The number of rotatable bonds is 9. The van der Waals surface area contributed by atoms with E-state index in [0.717, 1.165) is 51.4 Å². The van der Waals surface area contributed by atoms with Gasteiger partial charge in [-0.2, -0.15) is 25.3 Å². The van der Waals surface area contributed by atoms with E-state index >= 15 is 0 Å². The smallest absolute Gasteiger partial charge is 0.306 e. The Hall–Kier alpha value is -0.360. The molecule has 4 unspecified atom stereocenters. The lowest BCUT2D eigenvalue weighted by Gasteiger charge is -2.17. The third-order valence-electron chi connectivity index (χ3n) is 4.41. The third-order valence-corrected chi connectivity index (χ3v) is 5.45. The van der Waals surface area contributed by atoms with Crippen LogP contribution in [-0.2, 0) is 19.1 Å². The fraction of sp³-hybridized carbons (Fsp3) is 0.875. The van der Waals surface area contributed by atoms with E-state index in [0.29, 0.717) is 23.3 Å². The van der Waals surface area contributed by atoms with Gasteiger partial charge in [-0.3, -0.25) is 9.59 Å². The maximum Gasteiger partial charge on any atom is 0.306 e. The van der Waals surface area contributed by atoms with Crippen LogP contribution in [0.25, 0.3) is 0 Å². The molecule has 0 aliphatic carbocycles. The van der Waals surface area contributed by atoms with E-state index in [-0.39, 0.29) is 24.1 Å². The second-order valence-corrected chi connectivity index (χ2v) is 7.80. The predicted molar refractivity (Wildman–Crippen MR) is 91.5 cm³/mol. The topological polar surface area (TPSA) is 52.6 Å². The molecular weight excluding hydrogens is 320 g/mol. The van der Waals surface area contributed by atoms with Gasteiger partial charge in [-0.25, -0.2) is 0 Å². The number of esters is 2. The first-order valence-electron chi connectivity index (χ1n) is 8.28. The van der Waals surface area contributed by atoms with Crippen LogP contribution in [0.2, 0.25) is 0 Å². The minimum atomic E-state index is -0.0660. The molecule has 0 saturated carbocycles. The molecule has 2 heterocycles. The van der Waals surface area contributed by atoms with Gasteiger partial charge in [0.15, 0.2) is 0 Å². The Kier molecular flexibility index (Phi) is 7.41. The van der Waals surface area contributed by atoms with Crippen molar-refractivity contribution >= 4 is 37.2 Å². The Bertz CT molecular complexity index is 352. The quantitative estimate of drug-likeness (QED) is 0.497. The van der Waals surface area contributed by atoms with Crippen LogP contribution in [0, 0.1) is 0 Å². The highest BCUT2D eigenvalue weighted by Crippen LogP contribution is 2.25. The molecule has 0 N–H and O–H groups in total. The average molecular weight is 347 g/mol. The van der Waals surface area contributed by atoms with Gasteiger partial charge in [0.25, 0.3) is 0 Å². The summed E-state index contributed by atoms with van der Waals surface area (Å²) in [4.78, 5) is 22.1. The van der Waals surface area contributed by atoms with Gasteiger partial charge < -0.3 is 9.47 Å². The molecule has 22 heavy (non-hydrogen) atoms. The van der Waals surface area contributed by atoms with Crippen LogP contribution in [0.3, 0.4) is 0 Å². The molecule has 0 aromatic heterocycles. The number of carbonyl (C=O) groups is 2. The van der Waals surface area contributed by atoms with Gasteiger partial charge >= 0.3 is 11.9 Å². The minimum absolute atomic E-state index is 0.0660. The van der Waals surface area contributed by atoms with Crippen LogP contribution in [0.1, 0.15) is 64.2 Å². The summed E-state index contributed by atoms with van der Waals surface area (Å²) in [5.41, 5.74) is 0. The number of cyclic esters (lactones) is 2. The Labute approximate surface area is 143 Å². The number of carbonyl (C=O) groups excluding carboxylic acids is 2. The summed E-state index contributed by atoms with van der Waals surface area (Å²) in [5, 5.41) is 0.663. The van der Waals surface area contributed by atoms with E-state index in [1.807, 2.05) is 0 Å². The van der Waals surface area contributed by atoms with Crippen LogP contribution in [0.15, 0.2) is 0 Å². The highest BCUT2D eigenvalue weighted by Gasteiger charge is 2.25. The Morgan fingerprint density at radius 3 is 1.55 bits per heavy atom. The predicted octanol–water partition coefficient (Wildman–Crippen LogP) is 3.34. The van der Waals surface area contributed by atoms with Crippen molar-refractivity contribution in [3.05, 3.63) is 0 Å². The van der Waals surface area contributed by atoms with Gasteiger partial charge in [0.1, 0.15) is 12.2 Å². The SMILES string of the molecule is O=C1CCC(CCC(S)CCC(S)CCC2CCC(=O)O2)O1. The Balaban J connectivity index is 1.50. The number of hydrogen-bond donors (Lipinski definition) is 2. The second-order valence-electron chi connectivity index (χ2n) is 6.34. The van der Waals surface area contributed by atoms with Crippen molar-refractivity contribution in [2.75, 3.05) is 0 Å². The van der Waals surface area contributed by atoms with Gasteiger partial charge in [-0.05, 0) is 51.4 Å². The molecule has 2 fully saturated rings. The summed E-state index contributed by atoms with van der Waals surface area (Å²) in [6, 6.07) is 0. The molecule has 6 heteroatoms. The van der Waals surface area contributed by atoms with Crippen molar-refractivity contribution in [1.29, 1.82) is 0 Å². The van der Waals surface area contributed by atoms with Crippen molar-refractivity contribution in [2.45, 2.75) is 86.9 Å². The molecule has 2 rings (SSSR count). The molecule has 0 aromatic carbocycles. The van der Waals surface area contributed by atoms with Gasteiger partial charge in [0.2, 0.25) is 0 Å². The first-order chi connectivity index (χ1) is 10.5. The van der Waals surface area contributed by atoms with Gasteiger partial charge in [0, 0.05) is 23.3 Å². The summed E-state index contributed by atoms with van der Waals surface area (Å²) in [7, 11) is 0. The average Bonchev–Trinajstić information content (AvgIpc) is 3.09. The van der Waals surface area contributed by atoms with Crippen LogP contribution in [0.4, 0.5) is 0 Å². The first-order valence-corrected chi connectivity index (χ1v) is 9.31. The molecule has 4 nitrogen and oxygen atoms in total. The van der Waals surface area contributed by atoms with E-state index in [9.17, 15) is 9.59 Å². The number of thiol groups is 2. The highest BCUT2D eigenvalue weighted by molar-refractivity contribution is 7.81. The zero-order chi connectivity index (χ0) is 15.9. The summed E-state index contributed by atoms with van der Waals surface area (Å²) in [6.07, 6.45) is 8.85. The normalized spacial score (nSPS) is 27.5. The minimum Gasteiger partial charge on any atom is -0.462 e. The van der Waals surface area contributed by atoms with Crippen LogP contribution < -0.4 is 0 Å². The fourth-order valence-corrected chi connectivity index (χ4v) is 3.60. The van der Waals surface area contributed by atoms with Crippen molar-refractivity contribution in [2.24, 2.45) is 0 Å². The van der Waals surface area contributed by atoms with E-state index in [2.05, 4.69) is 25.3 Å². The second kappa shape index (κ2) is 9.06. The van der Waals surface area contributed by atoms with Crippen LogP contribution in [0.5, 0.6) is 0 Å². The van der Waals surface area contributed by atoms with Gasteiger partial charge in [-0.15, -0.1) is 0 Å².